The number of hydrogen-bond donors (Lipinski definition) is 0. The molecule has 0 saturated heterocycles. The summed E-state index contributed by atoms with van der Waals surface area (Å²) in [5, 5.41) is 9.10. The Labute approximate surface area is 185 Å². The summed E-state index contributed by atoms with van der Waals surface area (Å²) in [6.07, 6.45) is 3.53. The fourth-order valence-corrected chi connectivity index (χ4v) is 3.55. The van der Waals surface area contributed by atoms with E-state index < -0.39 is 5.82 Å². The van der Waals surface area contributed by atoms with E-state index in [1.807, 2.05) is 79.9 Å². The zero-order valence-corrected chi connectivity index (χ0v) is 17.5. The number of benzene rings is 3. The molecule has 0 amide bonds. The van der Waals surface area contributed by atoms with Gasteiger partial charge in [-0.05, 0) is 42.8 Å². The molecular weight excluding hydrogens is 403 g/mol. The fraction of sp³-hybridized carbons (Fsp3) is 0.0769. The van der Waals surface area contributed by atoms with Crippen LogP contribution >= 0.6 is 0 Å². The minimum Gasteiger partial charge on any atom is -0.488 e. The summed E-state index contributed by atoms with van der Waals surface area (Å²) in [5.41, 5.74) is 3.80. The number of aromatic nitrogens is 4. The van der Waals surface area contributed by atoms with Gasteiger partial charge in [0.1, 0.15) is 23.9 Å². The Morgan fingerprint density at radius 3 is 2.47 bits per heavy atom. The molecule has 5 rings (SSSR count). The van der Waals surface area contributed by atoms with Crippen LogP contribution < -0.4 is 4.74 Å². The SMILES string of the molecule is Cc1ccc(-n2nc(-c3c(F)cccc3OCc3ccccc3)cc2-n2cccn2)cc1. The molecule has 0 aliphatic rings. The lowest BCUT2D eigenvalue weighted by Gasteiger charge is -2.11. The molecule has 0 unspecified atom stereocenters. The Morgan fingerprint density at radius 2 is 1.72 bits per heavy atom. The molecule has 5 nitrogen and oxygen atoms in total. The van der Waals surface area contributed by atoms with Crippen molar-refractivity contribution in [1.82, 2.24) is 19.6 Å². The first kappa shape index (κ1) is 19.8. The second-order valence-electron chi connectivity index (χ2n) is 7.47. The number of rotatable bonds is 6. The Balaban J connectivity index is 1.59. The fourth-order valence-electron chi connectivity index (χ4n) is 3.55. The Bertz CT molecular complexity index is 1330. The topological polar surface area (TPSA) is 44.9 Å². The van der Waals surface area contributed by atoms with Gasteiger partial charge < -0.3 is 4.74 Å². The van der Waals surface area contributed by atoms with Crippen LogP contribution in [-0.4, -0.2) is 19.6 Å². The van der Waals surface area contributed by atoms with E-state index in [2.05, 4.69) is 5.10 Å². The minimum atomic E-state index is -0.392. The number of halogens is 1. The van der Waals surface area contributed by atoms with Crippen molar-refractivity contribution < 1.29 is 9.13 Å². The molecule has 0 N–H and O–H groups in total. The van der Waals surface area contributed by atoms with Gasteiger partial charge in [0.15, 0.2) is 5.82 Å². The van der Waals surface area contributed by atoms with Crippen molar-refractivity contribution in [2.45, 2.75) is 13.5 Å². The van der Waals surface area contributed by atoms with E-state index in [1.165, 1.54) is 6.07 Å². The quantitative estimate of drug-likeness (QED) is 0.349. The largest absolute Gasteiger partial charge is 0.488 e. The molecule has 0 aliphatic heterocycles. The van der Waals surface area contributed by atoms with E-state index in [1.54, 1.807) is 27.7 Å². The molecule has 3 aromatic carbocycles. The summed E-state index contributed by atoms with van der Waals surface area (Å²) >= 11 is 0. The highest BCUT2D eigenvalue weighted by molar-refractivity contribution is 5.69. The van der Waals surface area contributed by atoms with E-state index in [0.717, 1.165) is 16.8 Å². The van der Waals surface area contributed by atoms with Crippen molar-refractivity contribution in [1.29, 1.82) is 0 Å². The van der Waals surface area contributed by atoms with E-state index >= 15 is 4.39 Å². The Morgan fingerprint density at radius 1 is 0.906 bits per heavy atom. The van der Waals surface area contributed by atoms with Gasteiger partial charge in [-0.1, -0.05) is 54.1 Å². The highest BCUT2D eigenvalue weighted by Crippen LogP contribution is 2.34. The lowest BCUT2D eigenvalue weighted by Crippen LogP contribution is -2.05. The maximum Gasteiger partial charge on any atom is 0.157 e. The Kier molecular flexibility index (Phi) is 5.25. The third-order valence-electron chi connectivity index (χ3n) is 5.18. The van der Waals surface area contributed by atoms with Crippen LogP contribution in [-0.2, 0) is 6.61 Å². The van der Waals surface area contributed by atoms with Crippen LogP contribution in [0.25, 0.3) is 22.8 Å². The third kappa shape index (κ3) is 3.90. The molecule has 5 aromatic rings. The normalized spacial score (nSPS) is 10.9. The zero-order valence-electron chi connectivity index (χ0n) is 17.5. The van der Waals surface area contributed by atoms with Crippen molar-refractivity contribution in [2.75, 3.05) is 0 Å². The van der Waals surface area contributed by atoms with Gasteiger partial charge in [0.05, 0.1) is 11.3 Å². The maximum absolute atomic E-state index is 15.0. The molecule has 2 heterocycles. The first-order valence-corrected chi connectivity index (χ1v) is 10.3. The predicted octanol–water partition coefficient (Wildman–Crippen LogP) is 5.75. The molecule has 32 heavy (non-hydrogen) atoms. The van der Waals surface area contributed by atoms with E-state index in [-0.39, 0.29) is 0 Å². The van der Waals surface area contributed by atoms with Gasteiger partial charge in [0.2, 0.25) is 0 Å². The second-order valence-corrected chi connectivity index (χ2v) is 7.47. The summed E-state index contributed by atoms with van der Waals surface area (Å²) in [5.74, 6) is 0.747. The predicted molar refractivity (Wildman–Crippen MR) is 122 cm³/mol. The Hall–Kier alpha value is -4.19. The number of nitrogens with zero attached hydrogens (tertiary/aromatic N) is 4. The summed E-state index contributed by atoms with van der Waals surface area (Å²) in [4.78, 5) is 0. The van der Waals surface area contributed by atoms with Crippen molar-refractivity contribution in [3.8, 4) is 28.5 Å². The van der Waals surface area contributed by atoms with Crippen molar-refractivity contribution in [3.63, 3.8) is 0 Å². The van der Waals surface area contributed by atoms with Crippen LogP contribution in [0, 0.1) is 12.7 Å². The average Bonchev–Trinajstić information content (AvgIpc) is 3.49. The van der Waals surface area contributed by atoms with Crippen LogP contribution in [0.2, 0.25) is 0 Å². The third-order valence-corrected chi connectivity index (χ3v) is 5.18. The zero-order chi connectivity index (χ0) is 21.9. The summed E-state index contributed by atoms with van der Waals surface area (Å²) in [7, 11) is 0. The molecule has 6 heteroatoms. The summed E-state index contributed by atoms with van der Waals surface area (Å²) < 4.78 is 24.5. The van der Waals surface area contributed by atoms with E-state index in [0.29, 0.717) is 29.4 Å². The standard InChI is InChI=1S/C26H21FN4O/c1-19-11-13-21(14-12-19)31-25(30-16-6-15-28-30)17-23(29-31)26-22(27)9-5-10-24(26)32-18-20-7-3-2-4-8-20/h2-17H,18H2,1H3. The van der Waals surface area contributed by atoms with Gasteiger partial charge in [-0.25, -0.2) is 13.8 Å². The van der Waals surface area contributed by atoms with Gasteiger partial charge >= 0.3 is 0 Å². The molecule has 0 aliphatic carbocycles. The monoisotopic (exact) mass is 424 g/mol. The highest BCUT2D eigenvalue weighted by atomic mass is 19.1. The van der Waals surface area contributed by atoms with Crippen LogP contribution in [0.1, 0.15) is 11.1 Å². The molecule has 0 saturated carbocycles. The second kappa shape index (κ2) is 8.51. The van der Waals surface area contributed by atoms with Gasteiger partial charge in [-0.15, -0.1) is 0 Å². The number of ether oxygens (including phenoxy) is 1. The van der Waals surface area contributed by atoms with Crippen LogP contribution in [0.3, 0.4) is 0 Å². The van der Waals surface area contributed by atoms with E-state index in [9.17, 15) is 0 Å². The van der Waals surface area contributed by atoms with E-state index in [4.69, 9.17) is 9.84 Å². The summed E-state index contributed by atoms with van der Waals surface area (Å²) in [6, 6.07) is 26.3. The van der Waals surface area contributed by atoms with Crippen molar-refractivity contribution in [3.05, 3.63) is 114 Å². The molecule has 2 aromatic heterocycles. The van der Waals surface area contributed by atoms with Gasteiger partial charge in [-0.2, -0.15) is 10.2 Å². The lowest BCUT2D eigenvalue weighted by atomic mass is 10.1. The minimum absolute atomic E-state index is 0.322. The average molecular weight is 424 g/mol. The lowest BCUT2D eigenvalue weighted by molar-refractivity contribution is 0.306. The molecule has 0 spiro atoms. The van der Waals surface area contributed by atoms with Crippen molar-refractivity contribution >= 4 is 0 Å². The highest BCUT2D eigenvalue weighted by Gasteiger charge is 2.19. The maximum atomic E-state index is 15.0. The van der Waals surface area contributed by atoms with Crippen LogP contribution in [0.5, 0.6) is 5.75 Å². The smallest absolute Gasteiger partial charge is 0.157 e. The molecule has 0 atom stereocenters. The molecule has 0 bridgehead atoms. The van der Waals surface area contributed by atoms with Gasteiger partial charge in [0, 0.05) is 18.5 Å². The molecule has 0 fully saturated rings. The molecule has 158 valence electrons. The van der Waals surface area contributed by atoms with Crippen LogP contribution in [0.15, 0.2) is 97.3 Å². The molecule has 0 radical (unpaired) electrons. The first-order chi connectivity index (χ1) is 15.7. The molecular formula is C26H21FN4O. The van der Waals surface area contributed by atoms with Crippen LogP contribution in [0.4, 0.5) is 4.39 Å². The summed E-state index contributed by atoms with van der Waals surface area (Å²) in [6.45, 7) is 2.37. The number of aryl methyl sites for hydroxylation is 1. The van der Waals surface area contributed by atoms with Crippen molar-refractivity contribution in [2.24, 2.45) is 0 Å². The van der Waals surface area contributed by atoms with Gasteiger partial charge in [-0.3, -0.25) is 0 Å². The first-order valence-electron chi connectivity index (χ1n) is 10.3. The van der Waals surface area contributed by atoms with Gasteiger partial charge in [0.25, 0.3) is 0 Å². The number of hydrogen-bond acceptors (Lipinski definition) is 3.